The van der Waals surface area contributed by atoms with Crippen LogP contribution < -0.4 is 5.32 Å². The van der Waals surface area contributed by atoms with E-state index >= 15 is 0 Å². The molecule has 1 aromatic carbocycles. The molecule has 1 atom stereocenters. The van der Waals surface area contributed by atoms with Crippen molar-refractivity contribution in [2.75, 3.05) is 6.54 Å². The lowest BCUT2D eigenvalue weighted by atomic mass is 10.0. The Balaban J connectivity index is 2.05. The number of hydrogen-bond donors (Lipinski definition) is 3. The van der Waals surface area contributed by atoms with E-state index in [4.69, 9.17) is 0 Å². The highest BCUT2D eigenvalue weighted by molar-refractivity contribution is 6.07. The van der Waals surface area contributed by atoms with Crippen molar-refractivity contribution in [1.29, 1.82) is 0 Å². The molecule has 4 nitrogen and oxygen atoms in total. The molecule has 0 amide bonds. The van der Waals surface area contributed by atoms with E-state index in [1.54, 1.807) is 6.20 Å². The quantitative estimate of drug-likeness (QED) is 0.692. The summed E-state index contributed by atoms with van der Waals surface area (Å²) in [5, 5.41) is 16.0. The van der Waals surface area contributed by atoms with Crippen LogP contribution in [0.15, 0.2) is 36.5 Å². The van der Waals surface area contributed by atoms with Crippen LogP contribution in [0.2, 0.25) is 0 Å². The number of nitrogens with one attached hydrogen (secondary N) is 2. The maximum Gasteiger partial charge on any atom is 0.138 e. The van der Waals surface area contributed by atoms with Crippen molar-refractivity contribution in [3.8, 4) is 0 Å². The molecule has 0 aliphatic heterocycles. The monoisotopic (exact) mass is 283 g/mol. The minimum atomic E-state index is -0.549. The van der Waals surface area contributed by atoms with Crippen molar-refractivity contribution >= 4 is 21.9 Å². The van der Waals surface area contributed by atoms with E-state index in [2.05, 4.69) is 36.1 Å². The molecule has 0 radical (unpaired) electrons. The molecule has 4 heteroatoms. The molecule has 0 saturated heterocycles. The maximum atomic E-state index is 10.6. The van der Waals surface area contributed by atoms with E-state index in [9.17, 15) is 5.11 Å². The number of aromatic nitrogens is 2. The number of aliphatic hydroxyl groups is 1. The van der Waals surface area contributed by atoms with Gasteiger partial charge in [-0.25, -0.2) is 4.98 Å². The van der Waals surface area contributed by atoms with Crippen molar-refractivity contribution < 1.29 is 5.11 Å². The van der Waals surface area contributed by atoms with Gasteiger partial charge in [-0.3, -0.25) is 0 Å². The molecule has 0 unspecified atom stereocenters. The first-order valence-electron chi connectivity index (χ1n) is 7.24. The first kappa shape index (κ1) is 14.0. The number of rotatable bonds is 3. The lowest BCUT2D eigenvalue weighted by Crippen LogP contribution is -2.38. The maximum absolute atomic E-state index is 10.6. The van der Waals surface area contributed by atoms with Crippen molar-refractivity contribution in [3.63, 3.8) is 0 Å². The Bertz CT molecular complexity index is 770. The summed E-state index contributed by atoms with van der Waals surface area (Å²) in [6, 6.07) is 9.93. The van der Waals surface area contributed by atoms with Crippen LogP contribution in [0.1, 0.15) is 32.4 Å². The second-order valence-corrected chi connectivity index (χ2v) is 6.44. The Morgan fingerprint density at radius 2 is 2.05 bits per heavy atom. The fraction of sp³-hybridized carbons (Fsp3) is 0.353. The summed E-state index contributed by atoms with van der Waals surface area (Å²) >= 11 is 0. The average Bonchev–Trinajstić information content (AvgIpc) is 2.82. The highest BCUT2D eigenvalue weighted by Crippen LogP contribution is 2.30. The molecule has 3 aromatic rings. The highest BCUT2D eigenvalue weighted by atomic mass is 16.3. The molecule has 0 spiro atoms. The number of hydrogen-bond acceptors (Lipinski definition) is 3. The Morgan fingerprint density at radius 3 is 2.81 bits per heavy atom. The van der Waals surface area contributed by atoms with Gasteiger partial charge in [0.15, 0.2) is 0 Å². The van der Waals surface area contributed by atoms with Crippen LogP contribution in [0.25, 0.3) is 21.9 Å². The van der Waals surface area contributed by atoms with Gasteiger partial charge in [0.25, 0.3) is 0 Å². The average molecular weight is 283 g/mol. The molecule has 2 heterocycles. The third-order valence-electron chi connectivity index (χ3n) is 3.61. The van der Waals surface area contributed by atoms with Crippen molar-refractivity contribution in [3.05, 3.63) is 42.1 Å². The summed E-state index contributed by atoms with van der Waals surface area (Å²) in [4.78, 5) is 7.65. The minimum absolute atomic E-state index is 0.0172. The number of aliphatic hydroxyl groups excluding tert-OH is 1. The summed E-state index contributed by atoms with van der Waals surface area (Å²) in [7, 11) is 0. The van der Waals surface area contributed by atoms with E-state index in [1.165, 1.54) is 0 Å². The summed E-state index contributed by atoms with van der Waals surface area (Å²) < 4.78 is 0. The van der Waals surface area contributed by atoms with Gasteiger partial charge in [-0.05, 0) is 44.5 Å². The lowest BCUT2D eigenvalue weighted by molar-refractivity contribution is 0.165. The number of nitrogens with zero attached hydrogens (tertiary/aromatic N) is 1. The fourth-order valence-corrected chi connectivity index (χ4v) is 2.60. The molecular formula is C17H21N3O. The Hall–Kier alpha value is -1.91. The van der Waals surface area contributed by atoms with Crippen molar-refractivity contribution in [2.45, 2.75) is 32.4 Å². The van der Waals surface area contributed by atoms with Crippen LogP contribution in [0.4, 0.5) is 0 Å². The van der Waals surface area contributed by atoms with Crippen LogP contribution >= 0.6 is 0 Å². The minimum Gasteiger partial charge on any atom is -0.387 e. The topological polar surface area (TPSA) is 60.9 Å². The third-order valence-corrected chi connectivity index (χ3v) is 3.61. The van der Waals surface area contributed by atoms with E-state index < -0.39 is 6.10 Å². The zero-order chi connectivity index (χ0) is 15.0. The van der Waals surface area contributed by atoms with Gasteiger partial charge in [0.05, 0.1) is 6.10 Å². The van der Waals surface area contributed by atoms with Crippen LogP contribution in [0.5, 0.6) is 0 Å². The summed E-state index contributed by atoms with van der Waals surface area (Å²) in [6.07, 6.45) is 1.22. The molecule has 0 fully saturated rings. The number of benzene rings is 1. The molecule has 2 aromatic heterocycles. The Morgan fingerprint density at radius 1 is 1.24 bits per heavy atom. The molecular weight excluding hydrogens is 262 g/mol. The van der Waals surface area contributed by atoms with E-state index in [0.29, 0.717) is 6.54 Å². The molecule has 110 valence electrons. The number of fused-ring (bicyclic) bond motifs is 3. The third kappa shape index (κ3) is 2.77. The largest absolute Gasteiger partial charge is 0.387 e. The first-order valence-corrected chi connectivity index (χ1v) is 7.24. The lowest BCUT2D eigenvalue weighted by Gasteiger charge is -2.23. The van der Waals surface area contributed by atoms with E-state index in [0.717, 1.165) is 27.5 Å². The van der Waals surface area contributed by atoms with Crippen LogP contribution in [0.3, 0.4) is 0 Å². The Labute approximate surface area is 124 Å². The first-order chi connectivity index (χ1) is 9.96. The molecule has 0 bridgehead atoms. The van der Waals surface area contributed by atoms with Crippen molar-refractivity contribution in [2.24, 2.45) is 0 Å². The molecule has 0 aliphatic carbocycles. The second-order valence-electron chi connectivity index (χ2n) is 6.44. The zero-order valence-electron chi connectivity index (χ0n) is 12.6. The van der Waals surface area contributed by atoms with Crippen molar-refractivity contribution in [1.82, 2.24) is 15.3 Å². The van der Waals surface area contributed by atoms with E-state index in [1.807, 2.05) is 30.3 Å². The van der Waals surface area contributed by atoms with Gasteiger partial charge in [-0.15, -0.1) is 0 Å². The normalized spacial score (nSPS) is 13.9. The summed E-state index contributed by atoms with van der Waals surface area (Å²) in [5.41, 5.74) is 2.78. The predicted octanol–water partition coefficient (Wildman–Crippen LogP) is 3.14. The number of aromatic amines is 1. The molecule has 0 aliphatic rings. The van der Waals surface area contributed by atoms with Gasteiger partial charge in [0, 0.05) is 34.6 Å². The van der Waals surface area contributed by atoms with Crippen LogP contribution in [-0.4, -0.2) is 27.2 Å². The van der Waals surface area contributed by atoms with Gasteiger partial charge in [0.1, 0.15) is 5.65 Å². The summed E-state index contributed by atoms with van der Waals surface area (Å²) in [6.45, 7) is 6.80. The Kier molecular flexibility index (Phi) is 3.43. The predicted molar refractivity (Wildman–Crippen MR) is 86.3 cm³/mol. The number of β-amino-alcohol motifs (C(OH)–C–C–N with tert-alkyl or cyclic N) is 1. The SMILES string of the molecule is CC(C)(C)NC[C@H](O)c1cccc2[nH]c3ncccc3c12. The van der Waals surface area contributed by atoms with Gasteiger partial charge >= 0.3 is 0 Å². The van der Waals surface area contributed by atoms with Gasteiger partial charge < -0.3 is 15.4 Å². The van der Waals surface area contributed by atoms with E-state index in [-0.39, 0.29) is 5.54 Å². The fourth-order valence-electron chi connectivity index (χ4n) is 2.60. The van der Waals surface area contributed by atoms with Gasteiger partial charge in [-0.2, -0.15) is 0 Å². The molecule has 0 saturated carbocycles. The van der Waals surface area contributed by atoms with Crippen LogP contribution in [-0.2, 0) is 0 Å². The highest BCUT2D eigenvalue weighted by Gasteiger charge is 2.17. The standard InChI is InChI=1S/C17H21N3O/c1-17(2,3)19-10-14(21)11-6-4-8-13-15(11)12-7-5-9-18-16(12)20-13/h4-9,14,19,21H,10H2,1-3H3,(H,18,20)/t14-/m0/s1. The number of H-pyrrole nitrogens is 1. The smallest absolute Gasteiger partial charge is 0.138 e. The summed E-state index contributed by atoms with van der Waals surface area (Å²) in [5.74, 6) is 0. The van der Waals surface area contributed by atoms with Crippen LogP contribution in [0, 0.1) is 0 Å². The molecule has 21 heavy (non-hydrogen) atoms. The zero-order valence-corrected chi connectivity index (χ0v) is 12.6. The van der Waals surface area contributed by atoms with Gasteiger partial charge in [0.2, 0.25) is 0 Å². The second kappa shape index (κ2) is 5.13. The molecule has 3 rings (SSSR count). The van der Waals surface area contributed by atoms with Gasteiger partial charge in [-0.1, -0.05) is 12.1 Å². The number of pyridine rings is 1. The molecule has 3 N–H and O–H groups in total.